The van der Waals surface area contributed by atoms with Crippen molar-refractivity contribution in [1.29, 1.82) is 0 Å². The molecule has 0 amide bonds. The number of halogens is 2. The molecule has 1 unspecified atom stereocenters. The Kier molecular flexibility index (Phi) is 4.42. The summed E-state index contributed by atoms with van der Waals surface area (Å²) in [5, 5.41) is 5.31. The van der Waals surface area contributed by atoms with Gasteiger partial charge in [-0.15, -0.1) is 5.10 Å². The molecule has 0 aliphatic carbocycles. The molecule has 0 bridgehead atoms. The van der Waals surface area contributed by atoms with E-state index >= 15 is 0 Å². The normalized spacial score (nSPS) is 16.6. The summed E-state index contributed by atoms with van der Waals surface area (Å²) in [4.78, 5) is 17.8. The number of aromatic nitrogens is 3. The van der Waals surface area contributed by atoms with Crippen LogP contribution in [0.25, 0.3) is 28.5 Å². The Hall–Kier alpha value is -2.67. The van der Waals surface area contributed by atoms with Crippen LogP contribution in [0.3, 0.4) is 0 Å². The number of ether oxygens (including phenoxy) is 1. The Morgan fingerprint density at radius 1 is 1.21 bits per heavy atom. The second-order valence-electron chi connectivity index (χ2n) is 6.61. The number of thiazole rings is 1. The predicted octanol–water partition coefficient (Wildman–Crippen LogP) is 4.49. The Labute approximate surface area is 179 Å². The lowest BCUT2D eigenvalue weighted by Crippen LogP contribution is -2.26. The van der Waals surface area contributed by atoms with Crippen LogP contribution in [0.4, 0.5) is 0 Å². The fourth-order valence-corrected chi connectivity index (χ4v) is 4.59. The number of para-hydroxylation sites is 1. The lowest BCUT2D eigenvalue weighted by Gasteiger charge is -2.22. The zero-order chi connectivity index (χ0) is 20.1. The molecule has 0 saturated carbocycles. The first-order valence-electron chi connectivity index (χ1n) is 8.83. The molecule has 0 radical (unpaired) electrons. The van der Waals surface area contributed by atoms with Gasteiger partial charge < -0.3 is 4.74 Å². The van der Waals surface area contributed by atoms with Gasteiger partial charge >= 0.3 is 0 Å². The van der Waals surface area contributed by atoms with E-state index in [1.165, 1.54) is 15.9 Å². The Morgan fingerprint density at radius 2 is 2.03 bits per heavy atom. The van der Waals surface area contributed by atoms with Crippen LogP contribution < -0.4 is 14.8 Å². The van der Waals surface area contributed by atoms with E-state index in [0.717, 1.165) is 16.9 Å². The smallest absolute Gasteiger partial charge is 0.291 e. The van der Waals surface area contributed by atoms with Crippen LogP contribution in [-0.4, -0.2) is 20.7 Å². The molecule has 4 aromatic rings. The third-order valence-corrected chi connectivity index (χ3v) is 6.17. The third kappa shape index (κ3) is 3.23. The van der Waals surface area contributed by atoms with Crippen LogP contribution in [0.1, 0.15) is 12.5 Å². The maximum atomic E-state index is 12.9. The van der Waals surface area contributed by atoms with Gasteiger partial charge in [-0.2, -0.15) is 9.50 Å². The Morgan fingerprint density at radius 3 is 2.83 bits per heavy atom. The van der Waals surface area contributed by atoms with Crippen molar-refractivity contribution in [3.63, 3.8) is 0 Å². The summed E-state index contributed by atoms with van der Waals surface area (Å²) < 4.78 is 7.81. The first-order chi connectivity index (χ1) is 14.0. The van der Waals surface area contributed by atoms with Gasteiger partial charge in [0.2, 0.25) is 4.96 Å². The van der Waals surface area contributed by atoms with Crippen molar-refractivity contribution in [3.05, 3.63) is 78.5 Å². The van der Waals surface area contributed by atoms with Gasteiger partial charge in [-0.05, 0) is 48.9 Å². The van der Waals surface area contributed by atoms with E-state index in [2.05, 4.69) is 10.1 Å². The zero-order valence-electron chi connectivity index (χ0n) is 15.1. The van der Waals surface area contributed by atoms with Crippen LogP contribution in [0.15, 0.2) is 52.8 Å². The molecule has 2 aromatic carbocycles. The molecule has 5 nitrogen and oxygen atoms in total. The molecule has 0 N–H and O–H groups in total. The number of benzene rings is 2. The van der Waals surface area contributed by atoms with Gasteiger partial charge in [0.25, 0.3) is 5.56 Å². The molecule has 3 heterocycles. The average Bonchev–Trinajstić information content (AvgIpc) is 3.22. The number of hydrogen-bond donors (Lipinski definition) is 0. The minimum atomic E-state index is -0.221. The molecule has 0 fully saturated rings. The fourth-order valence-electron chi connectivity index (χ4n) is 3.19. The quantitative estimate of drug-likeness (QED) is 0.459. The predicted molar refractivity (Wildman–Crippen MR) is 117 cm³/mol. The van der Waals surface area contributed by atoms with Gasteiger partial charge in [0.05, 0.1) is 9.55 Å². The largest absolute Gasteiger partial charge is 0.485 e. The molecular weight excluding hydrogens is 429 g/mol. The van der Waals surface area contributed by atoms with E-state index in [0.29, 0.717) is 30.9 Å². The second-order valence-corrected chi connectivity index (χ2v) is 8.46. The molecular formula is C21H13Cl2N3O2S. The summed E-state index contributed by atoms with van der Waals surface area (Å²) in [5.74, 6) is 1.23. The monoisotopic (exact) mass is 441 g/mol. The van der Waals surface area contributed by atoms with Gasteiger partial charge in [0, 0.05) is 16.1 Å². The molecule has 1 aliphatic heterocycles. The van der Waals surface area contributed by atoms with E-state index < -0.39 is 0 Å². The SMILES string of the molecule is CC1Oc2ccccc2C=C1/C=c1\sc2nc(-c3ccc(Cl)cc3Cl)nn2c1=O. The fraction of sp³-hybridized carbons (Fsp3) is 0.0952. The first kappa shape index (κ1) is 18.4. The molecule has 5 rings (SSSR count). The van der Waals surface area contributed by atoms with Gasteiger partial charge in [0.1, 0.15) is 11.9 Å². The topological polar surface area (TPSA) is 56.5 Å². The highest BCUT2D eigenvalue weighted by Crippen LogP contribution is 2.30. The minimum absolute atomic E-state index is 0.157. The summed E-state index contributed by atoms with van der Waals surface area (Å²) >= 11 is 13.5. The lowest BCUT2D eigenvalue weighted by atomic mass is 10.0. The summed E-state index contributed by atoms with van der Waals surface area (Å²) in [6.45, 7) is 1.96. The van der Waals surface area contributed by atoms with Crippen molar-refractivity contribution in [2.75, 3.05) is 0 Å². The van der Waals surface area contributed by atoms with Crippen LogP contribution in [-0.2, 0) is 0 Å². The molecule has 29 heavy (non-hydrogen) atoms. The number of rotatable bonds is 2. The molecule has 144 valence electrons. The summed E-state index contributed by atoms with van der Waals surface area (Å²) in [6.07, 6.45) is 3.73. The molecule has 8 heteroatoms. The number of nitrogens with zero attached hydrogens (tertiary/aromatic N) is 3. The Bertz CT molecular complexity index is 1410. The van der Waals surface area contributed by atoms with E-state index in [1.807, 2.05) is 43.3 Å². The van der Waals surface area contributed by atoms with Crippen molar-refractivity contribution < 1.29 is 4.74 Å². The van der Waals surface area contributed by atoms with Crippen molar-refractivity contribution in [2.45, 2.75) is 13.0 Å². The molecule has 1 aliphatic rings. The van der Waals surface area contributed by atoms with Gasteiger partial charge in [-0.1, -0.05) is 52.7 Å². The molecule has 0 spiro atoms. The summed E-state index contributed by atoms with van der Waals surface area (Å²) in [5.41, 5.74) is 2.32. The third-order valence-electron chi connectivity index (χ3n) is 4.67. The second kappa shape index (κ2) is 6.99. The van der Waals surface area contributed by atoms with Gasteiger partial charge in [0.15, 0.2) is 5.82 Å². The Balaban J connectivity index is 1.59. The highest BCUT2D eigenvalue weighted by atomic mass is 35.5. The standard InChI is InChI=1S/C21H13Cl2N3O2S/c1-11-13(8-12-4-2-3-5-17(12)28-11)9-18-20(27)26-21(29-18)24-19(25-26)15-7-6-14(22)10-16(15)23/h2-11H,1H3/b18-9-. The van der Waals surface area contributed by atoms with Crippen LogP contribution in [0.2, 0.25) is 10.0 Å². The first-order valence-corrected chi connectivity index (χ1v) is 10.4. The number of fused-ring (bicyclic) bond motifs is 2. The zero-order valence-corrected chi connectivity index (χ0v) is 17.4. The van der Waals surface area contributed by atoms with Gasteiger partial charge in [-0.25, -0.2) is 0 Å². The molecule has 0 saturated heterocycles. The summed E-state index contributed by atoms with van der Waals surface area (Å²) in [7, 11) is 0. The minimum Gasteiger partial charge on any atom is -0.485 e. The van der Waals surface area contributed by atoms with Crippen molar-refractivity contribution in [1.82, 2.24) is 14.6 Å². The highest BCUT2D eigenvalue weighted by Gasteiger charge is 2.19. The van der Waals surface area contributed by atoms with Crippen molar-refractivity contribution in [2.24, 2.45) is 0 Å². The van der Waals surface area contributed by atoms with E-state index in [9.17, 15) is 4.79 Å². The maximum Gasteiger partial charge on any atom is 0.291 e. The average molecular weight is 442 g/mol. The van der Waals surface area contributed by atoms with Crippen molar-refractivity contribution in [3.8, 4) is 17.1 Å². The van der Waals surface area contributed by atoms with Gasteiger partial charge in [-0.3, -0.25) is 4.79 Å². The van der Waals surface area contributed by atoms with E-state index in [-0.39, 0.29) is 11.7 Å². The summed E-state index contributed by atoms with van der Waals surface area (Å²) in [6, 6.07) is 12.9. The van der Waals surface area contributed by atoms with E-state index in [1.54, 1.807) is 18.2 Å². The highest BCUT2D eigenvalue weighted by molar-refractivity contribution is 7.15. The molecule has 1 atom stereocenters. The molecule has 2 aromatic heterocycles. The van der Waals surface area contributed by atoms with Crippen LogP contribution >= 0.6 is 34.5 Å². The van der Waals surface area contributed by atoms with Crippen molar-refractivity contribution >= 4 is 51.7 Å². The van der Waals surface area contributed by atoms with Crippen LogP contribution in [0, 0.1) is 0 Å². The lowest BCUT2D eigenvalue weighted by molar-refractivity contribution is 0.259. The van der Waals surface area contributed by atoms with Crippen LogP contribution in [0.5, 0.6) is 5.75 Å². The van der Waals surface area contributed by atoms with E-state index in [4.69, 9.17) is 27.9 Å². The maximum absolute atomic E-state index is 12.9. The number of hydrogen-bond acceptors (Lipinski definition) is 5.